The Balaban J connectivity index is 2.26. The van der Waals surface area contributed by atoms with Gasteiger partial charge in [0.05, 0.1) is 13.2 Å². The van der Waals surface area contributed by atoms with E-state index in [0.717, 1.165) is 32.2 Å². The third kappa shape index (κ3) is 8.76. The number of hydrogen-bond donors (Lipinski definition) is 2. The molecule has 0 aromatic heterocycles. The number of hydrogen-bond acceptors (Lipinski definition) is 5. The van der Waals surface area contributed by atoms with Crippen molar-refractivity contribution < 1.29 is 19.1 Å². The number of ketones is 1. The minimum atomic E-state index is -0.484. The average molecular weight is 342 g/mol. The van der Waals surface area contributed by atoms with Gasteiger partial charge in [-0.25, -0.2) is 0 Å². The van der Waals surface area contributed by atoms with Crippen LogP contribution in [0.1, 0.15) is 58.8 Å². The van der Waals surface area contributed by atoms with Crippen LogP contribution in [0.25, 0.3) is 0 Å². The standard InChI is InChI=1S/C18H34N2O4/c1-15(13-16(2)21)14-17(22)20-10-12-24-18(23-11-9-19-3)7-5-4-6-8-18/h15,19H,4-14H2,1-3H3,(H,20,22). The molecular formula is C18H34N2O4. The Morgan fingerprint density at radius 1 is 1.04 bits per heavy atom. The van der Waals surface area contributed by atoms with Crippen molar-refractivity contribution in [3.05, 3.63) is 0 Å². The minimum absolute atomic E-state index is 0.0267. The van der Waals surface area contributed by atoms with Crippen LogP contribution in [-0.2, 0) is 19.1 Å². The van der Waals surface area contributed by atoms with Crippen LogP contribution >= 0.6 is 0 Å². The fraction of sp³-hybridized carbons (Fsp3) is 0.889. The molecule has 1 atom stereocenters. The van der Waals surface area contributed by atoms with Crippen LogP contribution in [0.4, 0.5) is 0 Å². The lowest BCUT2D eigenvalue weighted by Crippen LogP contribution is -2.41. The van der Waals surface area contributed by atoms with Gasteiger partial charge in [0, 0.05) is 38.8 Å². The molecule has 140 valence electrons. The number of likely N-dealkylation sites (N-methyl/N-ethyl adjacent to an activating group) is 1. The zero-order chi connectivity index (χ0) is 17.8. The normalized spacial score (nSPS) is 18.1. The third-order valence-electron chi connectivity index (χ3n) is 4.29. The summed E-state index contributed by atoms with van der Waals surface area (Å²) < 4.78 is 12.0. The quantitative estimate of drug-likeness (QED) is 0.419. The second-order valence-electron chi connectivity index (χ2n) is 6.84. The first kappa shape index (κ1) is 21.1. The number of rotatable bonds is 12. The molecule has 1 amide bonds. The molecule has 1 fully saturated rings. The maximum atomic E-state index is 11.9. The average Bonchev–Trinajstić information content (AvgIpc) is 2.52. The Bertz CT molecular complexity index is 381. The van der Waals surface area contributed by atoms with E-state index in [9.17, 15) is 9.59 Å². The highest BCUT2D eigenvalue weighted by molar-refractivity contribution is 5.79. The number of Topliss-reactive ketones (excluding diaryl/α,β-unsaturated/α-hetero) is 1. The predicted octanol–water partition coefficient (Wildman–Crippen LogP) is 2.02. The molecule has 1 aliphatic rings. The molecular weight excluding hydrogens is 308 g/mol. The molecule has 0 aromatic carbocycles. The van der Waals surface area contributed by atoms with Crippen molar-refractivity contribution in [1.82, 2.24) is 10.6 Å². The fourth-order valence-corrected chi connectivity index (χ4v) is 3.14. The van der Waals surface area contributed by atoms with Crippen LogP contribution in [-0.4, -0.2) is 50.8 Å². The third-order valence-corrected chi connectivity index (χ3v) is 4.29. The molecule has 0 radical (unpaired) electrons. The van der Waals surface area contributed by atoms with E-state index in [0.29, 0.717) is 32.6 Å². The Hall–Kier alpha value is -0.980. The molecule has 0 aromatic rings. The highest BCUT2D eigenvalue weighted by Gasteiger charge is 2.33. The Labute approximate surface area is 146 Å². The van der Waals surface area contributed by atoms with E-state index in [1.807, 2.05) is 14.0 Å². The molecule has 0 aliphatic heterocycles. The van der Waals surface area contributed by atoms with Crippen molar-refractivity contribution in [2.45, 2.75) is 64.6 Å². The second kappa shape index (κ2) is 11.6. The van der Waals surface area contributed by atoms with Gasteiger partial charge in [-0.05, 0) is 32.7 Å². The van der Waals surface area contributed by atoms with Crippen LogP contribution < -0.4 is 10.6 Å². The van der Waals surface area contributed by atoms with Gasteiger partial charge < -0.3 is 24.9 Å². The Morgan fingerprint density at radius 3 is 2.25 bits per heavy atom. The van der Waals surface area contributed by atoms with Gasteiger partial charge in [0.15, 0.2) is 5.79 Å². The van der Waals surface area contributed by atoms with Gasteiger partial charge in [-0.3, -0.25) is 4.79 Å². The van der Waals surface area contributed by atoms with Crippen LogP contribution in [0.3, 0.4) is 0 Å². The first-order valence-corrected chi connectivity index (χ1v) is 9.16. The number of carbonyl (C=O) groups is 2. The predicted molar refractivity (Wildman–Crippen MR) is 93.7 cm³/mol. The van der Waals surface area contributed by atoms with Crippen LogP contribution in [0, 0.1) is 5.92 Å². The number of nitrogens with one attached hydrogen (secondary N) is 2. The molecule has 1 unspecified atom stereocenters. The van der Waals surface area contributed by atoms with E-state index in [1.54, 1.807) is 6.92 Å². The van der Waals surface area contributed by atoms with Gasteiger partial charge in [0.2, 0.25) is 5.91 Å². The first-order valence-electron chi connectivity index (χ1n) is 9.16. The molecule has 24 heavy (non-hydrogen) atoms. The fourth-order valence-electron chi connectivity index (χ4n) is 3.14. The number of carbonyl (C=O) groups excluding carboxylic acids is 2. The number of ether oxygens (including phenoxy) is 2. The Morgan fingerprint density at radius 2 is 1.67 bits per heavy atom. The van der Waals surface area contributed by atoms with E-state index < -0.39 is 5.79 Å². The van der Waals surface area contributed by atoms with Gasteiger partial charge in [0.1, 0.15) is 5.78 Å². The van der Waals surface area contributed by atoms with Gasteiger partial charge in [-0.15, -0.1) is 0 Å². The topological polar surface area (TPSA) is 76.7 Å². The monoisotopic (exact) mass is 342 g/mol. The van der Waals surface area contributed by atoms with Crippen LogP contribution in [0.5, 0.6) is 0 Å². The molecule has 0 heterocycles. The van der Waals surface area contributed by atoms with Gasteiger partial charge in [-0.2, -0.15) is 0 Å². The Kier molecular flexibility index (Phi) is 10.1. The van der Waals surface area contributed by atoms with Crippen molar-refractivity contribution in [2.24, 2.45) is 5.92 Å². The van der Waals surface area contributed by atoms with Gasteiger partial charge >= 0.3 is 0 Å². The summed E-state index contributed by atoms with van der Waals surface area (Å²) in [5, 5.41) is 5.94. The maximum absolute atomic E-state index is 11.9. The summed E-state index contributed by atoms with van der Waals surface area (Å²) in [5.41, 5.74) is 0. The minimum Gasteiger partial charge on any atom is -0.354 e. The second-order valence-corrected chi connectivity index (χ2v) is 6.84. The summed E-state index contributed by atoms with van der Waals surface area (Å²) in [6.45, 7) is 5.83. The van der Waals surface area contributed by atoms with E-state index in [1.165, 1.54) is 6.42 Å². The molecule has 1 rings (SSSR count). The summed E-state index contributed by atoms with van der Waals surface area (Å²) in [7, 11) is 1.90. The summed E-state index contributed by atoms with van der Waals surface area (Å²) >= 11 is 0. The van der Waals surface area contributed by atoms with Crippen molar-refractivity contribution >= 4 is 11.7 Å². The smallest absolute Gasteiger partial charge is 0.220 e. The maximum Gasteiger partial charge on any atom is 0.220 e. The lowest BCUT2D eigenvalue weighted by atomic mass is 9.94. The highest BCUT2D eigenvalue weighted by atomic mass is 16.7. The molecule has 1 saturated carbocycles. The van der Waals surface area contributed by atoms with Crippen molar-refractivity contribution in [3.63, 3.8) is 0 Å². The van der Waals surface area contributed by atoms with Gasteiger partial charge in [-0.1, -0.05) is 13.3 Å². The van der Waals surface area contributed by atoms with Crippen molar-refractivity contribution in [1.29, 1.82) is 0 Å². The highest BCUT2D eigenvalue weighted by Crippen LogP contribution is 2.32. The molecule has 0 bridgehead atoms. The van der Waals surface area contributed by atoms with Crippen molar-refractivity contribution in [3.8, 4) is 0 Å². The van der Waals surface area contributed by atoms with E-state index >= 15 is 0 Å². The zero-order valence-corrected chi connectivity index (χ0v) is 15.5. The van der Waals surface area contributed by atoms with E-state index in [4.69, 9.17) is 9.47 Å². The van der Waals surface area contributed by atoms with E-state index in [2.05, 4.69) is 10.6 Å². The summed E-state index contributed by atoms with van der Waals surface area (Å²) in [5.74, 6) is -0.308. The van der Waals surface area contributed by atoms with Crippen molar-refractivity contribution in [2.75, 3.05) is 33.4 Å². The van der Waals surface area contributed by atoms with Gasteiger partial charge in [0.25, 0.3) is 0 Å². The molecule has 6 nitrogen and oxygen atoms in total. The van der Waals surface area contributed by atoms with E-state index in [-0.39, 0.29) is 17.6 Å². The molecule has 2 N–H and O–H groups in total. The lowest BCUT2D eigenvalue weighted by Gasteiger charge is -2.37. The van der Waals surface area contributed by atoms with Crippen LogP contribution in [0.2, 0.25) is 0 Å². The zero-order valence-electron chi connectivity index (χ0n) is 15.5. The summed E-state index contributed by atoms with van der Waals surface area (Å²) in [6, 6.07) is 0. The molecule has 1 aliphatic carbocycles. The first-order chi connectivity index (χ1) is 11.5. The molecule has 0 spiro atoms. The molecule has 6 heteroatoms. The summed E-state index contributed by atoms with van der Waals surface area (Å²) in [6.07, 6.45) is 6.13. The molecule has 0 saturated heterocycles. The number of amides is 1. The summed E-state index contributed by atoms with van der Waals surface area (Å²) in [4.78, 5) is 22.9. The van der Waals surface area contributed by atoms with Crippen LogP contribution in [0.15, 0.2) is 0 Å². The SMILES string of the molecule is CNCCOC1(OCCNC(=O)CC(C)CC(C)=O)CCCCC1. The largest absolute Gasteiger partial charge is 0.354 e. The lowest BCUT2D eigenvalue weighted by molar-refractivity contribution is -0.250.